The quantitative estimate of drug-likeness (QED) is 0.943. The molecule has 2 aromatic rings. The Labute approximate surface area is 134 Å². The Kier molecular flexibility index (Phi) is 3.95. The van der Waals surface area contributed by atoms with Crippen LogP contribution in [0.3, 0.4) is 0 Å². The molecule has 0 saturated carbocycles. The number of anilines is 2. The first-order valence-electron chi connectivity index (χ1n) is 7.85. The lowest BCUT2D eigenvalue weighted by molar-refractivity contribution is 0.0875. The van der Waals surface area contributed by atoms with Crippen molar-refractivity contribution in [3.63, 3.8) is 0 Å². The molecule has 1 N–H and O–H groups in total. The topological polar surface area (TPSA) is 50.3 Å². The van der Waals surface area contributed by atoms with Crippen LogP contribution in [0.15, 0.2) is 23.8 Å². The lowest BCUT2D eigenvalue weighted by atomic mass is 10.1. The van der Waals surface area contributed by atoms with Gasteiger partial charge in [-0.15, -0.1) is 11.3 Å². The monoisotopic (exact) mass is 316 g/mol. The van der Waals surface area contributed by atoms with Crippen molar-refractivity contribution in [2.75, 3.05) is 30.0 Å². The number of fused-ring (bicyclic) bond motifs is 1. The van der Waals surface area contributed by atoms with Gasteiger partial charge in [-0.2, -0.15) is 0 Å². The van der Waals surface area contributed by atoms with E-state index in [1.165, 1.54) is 10.4 Å². The van der Waals surface area contributed by atoms with Gasteiger partial charge in [0, 0.05) is 30.6 Å². The van der Waals surface area contributed by atoms with E-state index in [1.54, 1.807) is 6.33 Å². The number of nitrogens with zero attached hydrogens (tertiary/aromatic N) is 3. The van der Waals surface area contributed by atoms with Gasteiger partial charge >= 0.3 is 0 Å². The van der Waals surface area contributed by atoms with Gasteiger partial charge in [-0.1, -0.05) is 0 Å². The molecule has 6 heteroatoms. The molecule has 0 bridgehead atoms. The van der Waals surface area contributed by atoms with Gasteiger partial charge in [-0.05, 0) is 36.3 Å². The van der Waals surface area contributed by atoms with Gasteiger partial charge in [0.25, 0.3) is 0 Å². The minimum atomic E-state index is 0.362. The highest BCUT2D eigenvalue weighted by atomic mass is 32.1. The van der Waals surface area contributed by atoms with Crippen LogP contribution in [-0.4, -0.2) is 35.8 Å². The summed E-state index contributed by atoms with van der Waals surface area (Å²) in [5.41, 5.74) is 1.44. The van der Waals surface area contributed by atoms with Crippen LogP contribution >= 0.6 is 11.3 Å². The Morgan fingerprint density at radius 1 is 1.36 bits per heavy atom. The van der Waals surface area contributed by atoms with E-state index in [4.69, 9.17) is 4.74 Å². The van der Waals surface area contributed by atoms with Crippen molar-refractivity contribution in [1.82, 2.24) is 9.97 Å². The molecule has 0 amide bonds. The fourth-order valence-corrected chi connectivity index (χ4v) is 4.00. The number of rotatable bonds is 3. The SMILES string of the molecule is c1nc(N[C@H]2CCCOC2)cc(N2CCc3sccc3C2)n1. The van der Waals surface area contributed by atoms with Crippen molar-refractivity contribution in [3.05, 3.63) is 34.3 Å². The van der Waals surface area contributed by atoms with Crippen molar-refractivity contribution in [2.24, 2.45) is 0 Å². The van der Waals surface area contributed by atoms with Crippen LogP contribution in [0.25, 0.3) is 0 Å². The van der Waals surface area contributed by atoms with Crippen LogP contribution in [0, 0.1) is 0 Å². The molecule has 1 fully saturated rings. The third-order valence-corrected chi connectivity index (χ3v) is 5.32. The van der Waals surface area contributed by atoms with Crippen LogP contribution < -0.4 is 10.2 Å². The zero-order valence-electron chi connectivity index (χ0n) is 12.5. The zero-order valence-corrected chi connectivity index (χ0v) is 13.3. The fourth-order valence-electron chi connectivity index (χ4n) is 3.11. The minimum Gasteiger partial charge on any atom is -0.379 e. The summed E-state index contributed by atoms with van der Waals surface area (Å²) in [7, 11) is 0. The van der Waals surface area contributed by atoms with Crippen molar-refractivity contribution in [2.45, 2.75) is 31.8 Å². The smallest absolute Gasteiger partial charge is 0.134 e. The highest BCUT2D eigenvalue weighted by Crippen LogP contribution is 2.27. The highest BCUT2D eigenvalue weighted by Gasteiger charge is 2.19. The molecule has 1 saturated heterocycles. The number of hydrogen-bond acceptors (Lipinski definition) is 6. The molecule has 0 unspecified atom stereocenters. The van der Waals surface area contributed by atoms with Gasteiger partial charge in [0.2, 0.25) is 0 Å². The molecule has 2 aliphatic rings. The number of nitrogens with one attached hydrogen (secondary N) is 1. The predicted octanol–water partition coefficient (Wildman–Crippen LogP) is 2.69. The summed E-state index contributed by atoms with van der Waals surface area (Å²) in [6, 6.07) is 4.65. The predicted molar refractivity (Wildman–Crippen MR) is 88.6 cm³/mol. The van der Waals surface area contributed by atoms with Crippen molar-refractivity contribution in [3.8, 4) is 0 Å². The number of ether oxygens (including phenoxy) is 1. The second-order valence-electron chi connectivity index (χ2n) is 5.86. The van der Waals surface area contributed by atoms with Crippen molar-refractivity contribution < 1.29 is 4.74 Å². The standard InChI is InChI=1S/C16H20N4OS/c1-2-13(10-21-6-1)19-15-8-16(18-11-17-15)20-5-3-14-12(9-20)4-7-22-14/h4,7-8,11,13H,1-3,5-6,9-10H2,(H,17,18,19)/t13-/m0/s1. The van der Waals surface area contributed by atoms with Crippen molar-refractivity contribution >= 4 is 23.0 Å². The van der Waals surface area contributed by atoms with E-state index < -0.39 is 0 Å². The number of thiophene rings is 1. The molecular formula is C16H20N4OS. The third kappa shape index (κ3) is 2.94. The first kappa shape index (κ1) is 14.0. The summed E-state index contributed by atoms with van der Waals surface area (Å²) in [6.07, 6.45) is 5.02. The zero-order chi connectivity index (χ0) is 14.8. The summed E-state index contributed by atoms with van der Waals surface area (Å²) in [6.45, 7) is 3.61. The molecule has 22 heavy (non-hydrogen) atoms. The molecule has 116 valence electrons. The lowest BCUT2D eigenvalue weighted by Gasteiger charge is -2.28. The first-order chi connectivity index (χ1) is 10.9. The molecular weight excluding hydrogens is 296 g/mol. The van der Waals surface area contributed by atoms with E-state index in [-0.39, 0.29) is 0 Å². The second kappa shape index (κ2) is 6.22. The van der Waals surface area contributed by atoms with Gasteiger partial charge < -0.3 is 15.0 Å². The van der Waals surface area contributed by atoms with E-state index in [2.05, 4.69) is 37.7 Å². The molecule has 5 nitrogen and oxygen atoms in total. The lowest BCUT2D eigenvalue weighted by Crippen LogP contribution is -2.32. The highest BCUT2D eigenvalue weighted by molar-refractivity contribution is 7.10. The Morgan fingerprint density at radius 2 is 2.36 bits per heavy atom. The van der Waals surface area contributed by atoms with Crippen LogP contribution in [0.5, 0.6) is 0 Å². The second-order valence-corrected chi connectivity index (χ2v) is 6.86. The van der Waals surface area contributed by atoms with Crippen LogP contribution in [0.1, 0.15) is 23.3 Å². The molecule has 4 heterocycles. The van der Waals surface area contributed by atoms with E-state index in [0.717, 1.165) is 57.2 Å². The summed E-state index contributed by atoms with van der Waals surface area (Å²) in [4.78, 5) is 12.7. The molecule has 0 spiro atoms. The number of aromatic nitrogens is 2. The molecule has 2 aliphatic heterocycles. The van der Waals surface area contributed by atoms with E-state index >= 15 is 0 Å². The largest absolute Gasteiger partial charge is 0.379 e. The molecule has 0 radical (unpaired) electrons. The fraction of sp³-hybridized carbons (Fsp3) is 0.500. The van der Waals surface area contributed by atoms with Gasteiger partial charge in [-0.3, -0.25) is 0 Å². The molecule has 0 aliphatic carbocycles. The van der Waals surface area contributed by atoms with Crippen LogP contribution in [-0.2, 0) is 17.7 Å². The average Bonchev–Trinajstić information content (AvgIpc) is 3.04. The van der Waals surface area contributed by atoms with Crippen molar-refractivity contribution in [1.29, 1.82) is 0 Å². The third-order valence-electron chi connectivity index (χ3n) is 4.30. The molecule has 0 aromatic carbocycles. The minimum absolute atomic E-state index is 0.362. The molecule has 1 atom stereocenters. The van der Waals surface area contributed by atoms with Crippen LogP contribution in [0.4, 0.5) is 11.6 Å². The summed E-state index contributed by atoms with van der Waals surface area (Å²) >= 11 is 1.86. The van der Waals surface area contributed by atoms with E-state index in [9.17, 15) is 0 Å². The van der Waals surface area contributed by atoms with E-state index in [1.807, 2.05) is 11.3 Å². The Hall–Kier alpha value is -1.66. The normalized spacial score (nSPS) is 21.5. The van der Waals surface area contributed by atoms with Gasteiger partial charge in [0.1, 0.15) is 18.0 Å². The first-order valence-corrected chi connectivity index (χ1v) is 8.73. The van der Waals surface area contributed by atoms with Gasteiger partial charge in [0.05, 0.1) is 12.6 Å². The molecule has 2 aromatic heterocycles. The summed E-state index contributed by atoms with van der Waals surface area (Å²) < 4.78 is 5.52. The average molecular weight is 316 g/mol. The maximum atomic E-state index is 5.52. The molecule has 4 rings (SSSR count). The Bertz CT molecular complexity index is 639. The summed E-state index contributed by atoms with van der Waals surface area (Å²) in [5.74, 6) is 1.91. The van der Waals surface area contributed by atoms with Crippen LogP contribution in [0.2, 0.25) is 0 Å². The maximum absolute atomic E-state index is 5.52. The van der Waals surface area contributed by atoms with Gasteiger partial charge in [0.15, 0.2) is 0 Å². The summed E-state index contributed by atoms with van der Waals surface area (Å²) in [5, 5.41) is 5.66. The number of hydrogen-bond donors (Lipinski definition) is 1. The maximum Gasteiger partial charge on any atom is 0.134 e. The Balaban J connectivity index is 1.47. The van der Waals surface area contributed by atoms with E-state index in [0.29, 0.717) is 6.04 Å². The van der Waals surface area contributed by atoms with Gasteiger partial charge in [-0.25, -0.2) is 9.97 Å². The Morgan fingerprint density at radius 3 is 3.27 bits per heavy atom.